The number of nitrogens with one attached hydrogen (secondary N) is 1. The molecule has 1 amide bonds. The number of carboxylic acids is 1. The van der Waals surface area contributed by atoms with Gasteiger partial charge in [-0.25, -0.2) is 4.79 Å². The minimum atomic E-state index is -1.08. The van der Waals surface area contributed by atoms with Gasteiger partial charge in [0.15, 0.2) is 0 Å². The fourth-order valence-electron chi connectivity index (χ4n) is 1.65. The van der Waals surface area contributed by atoms with Gasteiger partial charge in [0, 0.05) is 16.1 Å². The Morgan fingerprint density at radius 1 is 1.29 bits per heavy atom. The first-order valence-corrected chi connectivity index (χ1v) is 7.03. The maximum Gasteiger partial charge on any atom is 0.326 e. The fraction of sp³-hybridized carbons (Fsp3) is 0.333. The minimum absolute atomic E-state index is 0.453. The molecule has 0 radical (unpaired) electrons. The molecule has 0 aliphatic carbocycles. The largest absolute Gasteiger partial charge is 0.480 e. The van der Waals surface area contributed by atoms with Crippen molar-refractivity contribution in [2.45, 2.75) is 26.8 Å². The first-order chi connectivity index (χ1) is 9.61. The molecule has 1 aromatic carbocycles. The van der Waals surface area contributed by atoms with Crippen LogP contribution < -0.4 is 5.32 Å². The second-order valence-electron chi connectivity index (χ2n) is 5.65. The van der Waals surface area contributed by atoms with Crippen LogP contribution in [-0.2, 0) is 9.59 Å². The minimum Gasteiger partial charge on any atom is -0.480 e. The molecule has 0 unspecified atom stereocenters. The lowest BCUT2D eigenvalue weighted by atomic mass is 9.87. The molecule has 0 aliphatic rings. The highest BCUT2D eigenvalue weighted by atomic mass is 35.5. The summed E-state index contributed by atoms with van der Waals surface area (Å²) in [6, 6.07) is 3.90. The predicted molar refractivity (Wildman–Crippen MR) is 84.5 cm³/mol. The van der Waals surface area contributed by atoms with Crippen LogP contribution in [0.1, 0.15) is 26.3 Å². The zero-order valence-corrected chi connectivity index (χ0v) is 13.5. The van der Waals surface area contributed by atoms with Crippen LogP contribution in [0.15, 0.2) is 24.3 Å². The fourth-order valence-corrected chi connectivity index (χ4v) is 2.01. The standard InChI is InChI=1S/C15H17Cl2NO3/c1-15(2,3)13(14(20)21)18-12(19)7-4-9-8-10(16)5-6-11(9)17/h4-8,13H,1-3H3,(H,18,19)(H,20,21)/b7-4+/t13-/m1/s1. The van der Waals surface area contributed by atoms with Crippen LogP contribution in [0.2, 0.25) is 10.0 Å². The van der Waals surface area contributed by atoms with Gasteiger partial charge >= 0.3 is 5.97 Å². The van der Waals surface area contributed by atoms with Crippen molar-refractivity contribution in [2.75, 3.05) is 0 Å². The second kappa shape index (κ2) is 6.96. The van der Waals surface area contributed by atoms with Crippen molar-refractivity contribution in [1.82, 2.24) is 5.32 Å². The van der Waals surface area contributed by atoms with Crippen molar-refractivity contribution in [3.05, 3.63) is 39.9 Å². The number of carboxylic acid groups (broad SMARTS) is 1. The average Bonchev–Trinajstić information content (AvgIpc) is 2.35. The summed E-state index contributed by atoms with van der Waals surface area (Å²) >= 11 is 11.8. The van der Waals surface area contributed by atoms with Gasteiger partial charge < -0.3 is 10.4 Å². The molecule has 0 aromatic heterocycles. The van der Waals surface area contributed by atoms with Crippen LogP contribution >= 0.6 is 23.2 Å². The lowest BCUT2D eigenvalue weighted by molar-refractivity contribution is -0.144. The Balaban J connectivity index is 2.83. The Morgan fingerprint density at radius 2 is 1.90 bits per heavy atom. The highest BCUT2D eigenvalue weighted by Gasteiger charge is 2.31. The molecule has 4 nitrogen and oxygen atoms in total. The van der Waals surface area contributed by atoms with Crippen molar-refractivity contribution in [1.29, 1.82) is 0 Å². The first kappa shape index (κ1) is 17.5. The molecular weight excluding hydrogens is 313 g/mol. The summed E-state index contributed by atoms with van der Waals surface area (Å²) in [6.07, 6.45) is 2.73. The summed E-state index contributed by atoms with van der Waals surface area (Å²) in [6.45, 7) is 5.22. The Hall–Kier alpha value is -1.52. The normalized spacial score (nSPS) is 13.2. The number of hydrogen-bond donors (Lipinski definition) is 2. The van der Waals surface area contributed by atoms with Gasteiger partial charge in [0.1, 0.15) is 6.04 Å². The van der Waals surface area contributed by atoms with Crippen molar-refractivity contribution in [2.24, 2.45) is 5.41 Å². The molecule has 6 heteroatoms. The number of rotatable bonds is 4. The van der Waals surface area contributed by atoms with E-state index in [1.165, 1.54) is 12.2 Å². The molecule has 0 saturated heterocycles. The molecule has 0 aliphatic heterocycles. The number of benzene rings is 1. The zero-order chi connectivity index (χ0) is 16.2. The molecule has 114 valence electrons. The molecule has 0 spiro atoms. The van der Waals surface area contributed by atoms with E-state index in [1.807, 2.05) is 0 Å². The highest BCUT2D eigenvalue weighted by molar-refractivity contribution is 6.34. The van der Waals surface area contributed by atoms with Crippen LogP contribution in [-0.4, -0.2) is 23.0 Å². The Bertz CT molecular complexity index is 577. The number of carbonyl (C=O) groups is 2. The third-order valence-corrected chi connectivity index (χ3v) is 3.35. The Morgan fingerprint density at radius 3 is 2.43 bits per heavy atom. The molecule has 0 bridgehead atoms. The SMILES string of the molecule is CC(C)(C)[C@H](NC(=O)/C=C/c1cc(Cl)ccc1Cl)C(=O)O. The van der Waals surface area contributed by atoms with E-state index in [9.17, 15) is 9.59 Å². The van der Waals surface area contributed by atoms with Crippen LogP contribution in [0.4, 0.5) is 0 Å². The zero-order valence-electron chi connectivity index (χ0n) is 12.0. The topological polar surface area (TPSA) is 66.4 Å². The smallest absolute Gasteiger partial charge is 0.326 e. The predicted octanol–water partition coefficient (Wildman–Crippen LogP) is 3.62. The quantitative estimate of drug-likeness (QED) is 0.829. The van der Waals surface area contributed by atoms with Gasteiger partial charge in [-0.2, -0.15) is 0 Å². The first-order valence-electron chi connectivity index (χ1n) is 6.27. The second-order valence-corrected chi connectivity index (χ2v) is 6.49. The van der Waals surface area contributed by atoms with Gasteiger partial charge in [-0.05, 0) is 35.3 Å². The van der Waals surface area contributed by atoms with Crippen molar-refractivity contribution in [3.8, 4) is 0 Å². The van der Waals surface area contributed by atoms with Gasteiger partial charge in [0.05, 0.1) is 0 Å². The van der Waals surface area contributed by atoms with E-state index in [1.54, 1.807) is 39.0 Å². The van der Waals surface area contributed by atoms with Crippen LogP contribution in [0.3, 0.4) is 0 Å². The van der Waals surface area contributed by atoms with Crippen molar-refractivity contribution in [3.63, 3.8) is 0 Å². The maximum absolute atomic E-state index is 11.8. The Kier molecular flexibility index (Phi) is 5.81. The van der Waals surface area contributed by atoms with E-state index in [0.717, 1.165) is 0 Å². The summed E-state index contributed by atoms with van der Waals surface area (Å²) in [5, 5.41) is 12.6. The van der Waals surface area contributed by atoms with Gasteiger partial charge in [-0.1, -0.05) is 44.0 Å². The van der Waals surface area contributed by atoms with E-state index in [0.29, 0.717) is 15.6 Å². The van der Waals surface area contributed by atoms with Gasteiger partial charge in [0.2, 0.25) is 5.91 Å². The average molecular weight is 330 g/mol. The van der Waals surface area contributed by atoms with E-state index in [2.05, 4.69) is 5.32 Å². The number of aliphatic carboxylic acids is 1. The van der Waals surface area contributed by atoms with Gasteiger partial charge in [-0.3, -0.25) is 4.79 Å². The number of halogens is 2. The molecule has 0 fully saturated rings. The maximum atomic E-state index is 11.8. The van der Waals surface area contributed by atoms with Crippen molar-refractivity contribution >= 4 is 41.2 Å². The lowest BCUT2D eigenvalue weighted by Crippen LogP contribution is -2.48. The van der Waals surface area contributed by atoms with E-state index in [-0.39, 0.29) is 0 Å². The molecule has 1 rings (SSSR count). The monoisotopic (exact) mass is 329 g/mol. The summed E-state index contributed by atoms with van der Waals surface area (Å²) in [5.74, 6) is -1.58. The third kappa shape index (κ3) is 5.40. The summed E-state index contributed by atoms with van der Waals surface area (Å²) in [5.41, 5.74) is -0.00907. The number of amides is 1. The summed E-state index contributed by atoms with van der Waals surface area (Å²) in [4.78, 5) is 23.0. The van der Waals surface area contributed by atoms with Crippen LogP contribution in [0.25, 0.3) is 6.08 Å². The molecule has 1 atom stereocenters. The molecule has 2 N–H and O–H groups in total. The lowest BCUT2D eigenvalue weighted by Gasteiger charge is -2.27. The molecule has 1 aromatic rings. The van der Waals surface area contributed by atoms with Crippen LogP contribution in [0, 0.1) is 5.41 Å². The van der Waals surface area contributed by atoms with Crippen molar-refractivity contribution < 1.29 is 14.7 Å². The number of hydrogen-bond acceptors (Lipinski definition) is 2. The van der Waals surface area contributed by atoms with Gasteiger partial charge in [-0.15, -0.1) is 0 Å². The van der Waals surface area contributed by atoms with E-state index < -0.39 is 23.3 Å². The number of carbonyl (C=O) groups excluding carboxylic acids is 1. The highest BCUT2D eigenvalue weighted by Crippen LogP contribution is 2.22. The van der Waals surface area contributed by atoms with E-state index in [4.69, 9.17) is 28.3 Å². The third-order valence-electron chi connectivity index (χ3n) is 2.77. The molecular formula is C15H17Cl2NO3. The Labute approximate surface area is 133 Å². The van der Waals surface area contributed by atoms with Gasteiger partial charge in [0.25, 0.3) is 0 Å². The molecule has 0 heterocycles. The van der Waals surface area contributed by atoms with Crippen LogP contribution in [0.5, 0.6) is 0 Å². The molecule has 0 saturated carbocycles. The molecule has 21 heavy (non-hydrogen) atoms. The summed E-state index contributed by atoms with van der Waals surface area (Å²) in [7, 11) is 0. The van der Waals surface area contributed by atoms with E-state index >= 15 is 0 Å². The summed E-state index contributed by atoms with van der Waals surface area (Å²) < 4.78 is 0.